The van der Waals surface area contributed by atoms with Gasteiger partial charge in [-0.15, -0.1) is 6.58 Å². The fourth-order valence-corrected chi connectivity index (χ4v) is 4.20. The lowest BCUT2D eigenvalue weighted by Gasteiger charge is -2.38. The molecule has 0 amide bonds. The summed E-state index contributed by atoms with van der Waals surface area (Å²) in [6, 6.07) is 15.1. The second kappa shape index (κ2) is 5.63. The maximum Gasteiger partial charge on any atom is 0.340 e. The van der Waals surface area contributed by atoms with Crippen molar-refractivity contribution >= 4 is 5.97 Å². The molecule has 2 N–H and O–H groups in total. The second-order valence-electron chi connectivity index (χ2n) is 6.87. The van der Waals surface area contributed by atoms with Gasteiger partial charge in [0.05, 0.1) is 11.1 Å². The molecule has 0 saturated carbocycles. The smallest absolute Gasteiger partial charge is 0.340 e. The predicted molar refractivity (Wildman–Crippen MR) is 102 cm³/mol. The number of allylic oxidation sites excluding steroid dienone is 1. The van der Waals surface area contributed by atoms with Gasteiger partial charge in [-0.05, 0) is 36.2 Å². The van der Waals surface area contributed by atoms with Crippen molar-refractivity contribution in [3.8, 4) is 23.0 Å². The molecule has 3 aromatic rings. The first-order valence-corrected chi connectivity index (χ1v) is 8.86. The lowest BCUT2D eigenvalue weighted by molar-refractivity contribution is 0.0222. The zero-order valence-electron chi connectivity index (χ0n) is 14.8. The second-order valence-corrected chi connectivity index (χ2v) is 6.87. The highest BCUT2D eigenvalue weighted by molar-refractivity contribution is 5.97. The predicted octanol–water partition coefficient (Wildman–Crippen LogP) is 4.39. The number of carbonyl (C=O) groups excluding carboxylic acids is 1. The molecular formula is C23H16O5. The third-order valence-corrected chi connectivity index (χ3v) is 5.22. The molecule has 0 radical (unpaired) electrons. The van der Waals surface area contributed by atoms with Crippen molar-refractivity contribution in [3.63, 3.8) is 0 Å². The largest absolute Gasteiger partial charge is 0.508 e. The van der Waals surface area contributed by atoms with Crippen molar-refractivity contribution in [3.05, 3.63) is 95.1 Å². The number of esters is 1. The van der Waals surface area contributed by atoms with Crippen LogP contribution in [0.15, 0.2) is 67.3 Å². The van der Waals surface area contributed by atoms with E-state index in [0.717, 1.165) is 5.56 Å². The molecule has 5 rings (SSSR count). The number of fused-ring (bicyclic) bond motifs is 6. The molecule has 1 unspecified atom stereocenters. The van der Waals surface area contributed by atoms with Crippen molar-refractivity contribution in [1.82, 2.24) is 0 Å². The van der Waals surface area contributed by atoms with Crippen LogP contribution >= 0.6 is 0 Å². The minimum Gasteiger partial charge on any atom is -0.508 e. The highest BCUT2D eigenvalue weighted by Crippen LogP contribution is 2.58. The molecular weight excluding hydrogens is 356 g/mol. The minimum atomic E-state index is -1.23. The molecule has 0 saturated heterocycles. The van der Waals surface area contributed by atoms with E-state index in [4.69, 9.17) is 9.47 Å². The van der Waals surface area contributed by atoms with Crippen molar-refractivity contribution in [2.24, 2.45) is 0 Å². The summed E-state index contributed by atoms with van der Waals surface area (Å²) in [5.41, 5.74) is 1.97. The fourth-order valence-electron chi connectivity index (χ4n) is 4.20. The van der Waals surface area contributed by atoms with E-state index in [-0.39, 0.29) is 11.5 Å². The van der Waals surface area contributed by atoms with Crippen LogP contribution in [0, 0.1) is 0 Å². The highest BCUT2D eigenvalue weighted by atomic mass is 16.6. The lowest BCUT2D eigenvalue weighted by atomic mass is 9.75. The topological polar surface area (TPSA) is 76.0 Å². The van der Waals surface area contributed by atoms with E-state index < -0.39 is 11.6 Å². The van der Waals surface area contributed by atoms with Gasteiger partial charge in [0.25, 0.3) is 0 Å². The SMILES string of the molecule is C=CCc1cc(O)cc2c1C1(OC(=O)c3ccccc31)c1ccc(O)cc1O2. The molecule has 1 spiro atoms. The third-order valence-electron chi connectivity index (χ3n) is 5.22. The average Bonchev–Trinajstić information content (AvgIpc) is 2.95. The van der Waals surface area contributed by atoms with Gasteiger partial charge in [-0.1, -0.05) is 24.3 Å². The van der Waals surface area contributed by atoms with Gasteiger partial charge in [0, 0.05) is 23.3 Å². The van der Waals surface area contributed by atoms with Crippen LogP contribution < -0.4 is 4.74 Å². The summed E-state index contributed by atoms with van der Waals surface area (Å²) in [4.78, 5) is 12.8. The third kappa shape index (κ3) is 2.04. The van der Waals surface area contributed by atoms with Crippen LogP contribution in [0.4, 0.5) is 0 Å². The van der Waals surface area contributed by atoms with Crippen LogP contribution in [-0.4, -0.2) is 16.2 Å². The zero-order chi connectivity index (χ0) is 19.5. The maximum absolute atomic E-state index is 12.8. The first kappa shape index (κ1) is 16.4. The fraction of sp³-hybridized carbons (Fsp3) is 0.0870. The van der Waals surface area contributed by atoms with Crippen molar-refractivity contribution in [2.45, 2.75) is 12.0 Å². The van der Waals surface area contributed by atoms with E-state index in [1.165, 1.54) is 18.2 Å². The summed E-state index contributed by atoms with van der Waals surface area (Å²) in [5.74, 6) is 0.375. The number of ether oxygens (including phenoxy) is 2. The molecule has 2 aliphatic rings. The van der Waals surface area contributed by atoms with Crippen LogP contribution in [0.25, 0.3) is 0 Å². The number of benzene rings is 3. The standard InChI is InChI=1S/C23H16O5/c1-2-5-13-10-15(25)12-20-21(13)23(18-9-8-14(24)11-19(18)27-20)17-7-4-3-6-16(17)22(26)28-23/h2-4,6-12,24-25H,1,5H2. The molecule has 5 nitrogen and oxygen atoms in total. The Hall–Kier alpha value is -3.73. The van der Waals surface area contributed by atoms with Crippen molar-refractivity contribution in [2.75, 3.05) is 0 Å². The van der Waals surface area contributed by atoms with Gasteiger partial charge in [0.15, 0.2) is 5.60 Å². The molecule has 0 aliphatic carbocycles. The number of hydrogen-bond acceptors (Lipinski definition) is 5. The number of phenolic OH excluding ortho intramolecular Hbond substituents is 2. The summed E-state index contributed by atoms with van der Waals surface area (Å²) in [6.45, 7) is 3.80. The quantitative estimate of drug-likeness (QED) is 0.515. The van der Waals surface area contributed by atoms with E-state index >= 15 is 0 Å². The van der Waals surface area contributed by atoms with Crippen LogP contribution in [0.3, 0.4) is 0 Å². The van der Waals surface area contributed by atoms with E-state index in [1.807, 2.05) is 12.1 Å². The van der Waals surface area contributed by atoms with E-state index in [0.29, 0.717) is 40.2 Å². The first-order chi connectivity index (χ1) is 13.5. The molecule has 0 fully saturated rings. The normalized spacial score (nSPS) is 18.6. The van der Waals surface area contributed by atoms with E-state index in [9.17, 15) is 15.0 Å². The Kier molecular flexibility index (Phi) is 3.31. The molecule has 1 atom stereocenters. The van der Waals surface area contributed by atoms with Gasteiger partial charge in [0.1, 0.15) is 23.0 Å². The maximum atomic E-state index is 12.8. The van der Waals surface area contributed by atoms with E-state index in [2.05, 4.69) is 6.58 Å². The Balaban J connectivity index is 1.93. The zero-order valence-corrected chi connectivity index (χ0v) is 14.8. The van der Waals surface area contributed by atoms with Crippen LogP contribution in [0.2, 0.25) is 0 Å². The molecule has 3 aromatic carbocycles. The number of carbonyl (C=O) groups is 1. The molecule has 2 heterocycles. The number of aromatic hydroxyl groups is 2. The van der Waals surface area contributed by atoms with Gasteiger partial charge < -0.3 is 19.7 Å². The Bertz CT molecular complexity index is 1160. The van der Waals surface area contributed by atoms with Gasteiger partial charge in [0.2, 0.25) is 0 Å². The first-order valence-electron chi connectivity index (χ1n) is 8.86. The summed E-state index contributed by atoms with van der Waals surface area (Å²) < 4.78 is 12.1. The Morgan fingerprint density at radius 1 is 0.964 bits per heavy atom. The van der Waals surface area contributed by atoms with Crippen LogP contribution in [0.1, 0.15) is 32.6 Å². The Morgan fingerprint density at radius 2 is 1.75 bits per heavy atom. The molecule has 0 aromatic heterocycles. The van der Waals surface area contributed by atoms with Gasteiger partial charge in [-0.3, -0.25) is 0 Å². The minimum absolute atomic E-state index is 0.0291. The lowest BCUT2D eigenvalue weighted by Crippen LogP contribution is -2.34. The summed E-state index contributed by atoms with van der Waals surface area (Å²) >= 11 is 0. The number of rotatable bonds is 2. The van der Waals surface area contributed by atoms with Crippen molar-refractivity contribution < 1.29 is 24.5 Å². The van der Waals surface area contributed by atoms with Crippen LogP contribution in [-0.2, 0) is 16.8 Å². The number of phenols is 2. The summed E-state index contributed by atoms with van der Waals surface area (Å²) in [6.07, 6.45) is 2.17. The van der Waals surface area contributed by atoms with Gasteiger partial charge in [-0.25, -0.2) is 4.79 Å². The van der Waals surface area contributed by atoms with E-state index in [1.54, 1.807) is 30.3 Å². The van der Waals surface area contributed by atoms with Gasteiger partial charge in [-0.2, -0.15) is 0 Å². The Morgan fingerprint density at radius 3 is 2.57 bits per heavy atom. The van der Waals surface area contributed by atoms with Gasteiger partial charge >= 0.3 is 5.97 Å². The molecule has 138 valence electrons. The molecule has 28 heavy (non-hydrogen) atoms. The van der Waals surface area contributed by atoms with Crippen LogP contribution in [0.5, 0.6) is 23.0 Å². The van der Waals surface area contributed by atoms with Crippen molar-refractivity contribution in [1.29, 1.82) is 0 Å². The Labute approximate surface area is 161 Å². The summed E-state index contributed by atoms with van der Waals surface area (Å²) in [5, 5.41) is 20.2. The highest BCUT2D eigenvalue weighted by Gasteiger charge is 2.54. The number of hydrogen-bond donors (Lipinski definition) is 2. The summed E-state index contributed by atoms with van der Waals surface area (Å²) in [7, 11) is 0. The molecule has 0 bridgehead atoms. The average molecular weight is 372 g/mol. The molecule has 2 aliphatic heterocycles. The molecule has 5 heteroatoms. The monoisotopic (exact) mass is 372 g/mol.